The van der Waals surface area contributed by atoms with Gasteiger partial charge in [-0.2, -0.15) is 0 Å². The maximum Gasteiger partial charge on any atom is 0.338 e. The molecule has 19 heavy (non-hydrogen) atoms. The van der Waals surface area contributed by atoms with Crippen molar-refractivity contribution >= 4 is 5.97 Å². The fourth-order valence-corrected chi connectivity index (χ4v) is 2.26. The van der Waals surface area contributed by atoms with Gasteiger partial charge < -0.3 is 4.74 Å². The van der Waals surface area contributed by atoms with Gasteiger partial charge in [0, 0.05) is 0 Å². The highest BCUT2D eigenvalue weighted by atomic mass is 16.5. The molecule has 106 valence electrons. The summed E-state index contributed by atoms with van der Waals surface area (Å²) in [6.07, 6.45) is 1.97. The minimum absolute atomic E-state index is 0.200. The van der Waals surface area contributed by atoms with E-state index >= 15 is 0 Å². The van der Waals surface area contributed by atoms with Gasteiger partial charge in [0.05, 0.1) is 12.2 Å². The zero-order valence-electron chi connectivity index (χ0n) is 12.8. The molecule has 2 heteroatoms. The number of hydrogen-bond donors (Lipinski definition) is 0. The fourth-order valence-electron chi connectivity index (χ4n) is 2.26. The second-order valence-corrected chi connectivity index (χ2v) is 5.91. The Hall–Kier alpha value is -1.31. The number of carbonyl (C=O) groups is 1. The van der Waals surface area contributed by atoms with Crippen molar-refractivity contribution in [2.24, 2.45) is 11.8 Å². The van der Waals surface area contributed by atoms with Gasteiger partial charge >= 0.3 is 5.97 Å². The van der Waals surface area contributed by atoms with Gasteiger partial charge in [0.15, 0.2) is 0 Å². The Morgan fingerprint density at radius 3 is 2.26 bits per heavy atom. The molecule has 0 aliphatic carbocycles. The van der Waals surface area contributed by atoms with E-state index < -0.39 is 0 Å². The maximum absolute atomic E-state index is 12.0. The highest BCUT2D eigenvalue weighted by molar-refractivity contribution is 5.91. The zero-order chi connectivity index (χ0) is 14.4. The van der Waals surface area contributed by atoms with Gasteiger partial charge in [0.1, 0.15) is 0 Å². The first kappa shape index (κ1) is 15.7. The molecule has 0 aromatic heterocycles. The van der Waals surface area contributed by atoms with Crippen LogP contribution in [-0.4, -0.2) is 12.6 Å². The van der Waals surface area contributed by atoms with Crippen molar-refractivity contribution in [1.82, 2.24) is 0 Å². The second-order valence-electron chi connectivity index (χ2n) is 5.91. The lowest BCUT2D eigenvalue weighted by Crippen LogP contribution is -2.10. The van der Waals surface area contributed by atoms with E-state index in [-0.39, 0.29) is 5.97 Å². The molecule has 0 aliphatic rings. The average Bonchev–Trinajstić information content (AvgIpc) is 2.27. The first-order valence-corrected chi connectivity index (χ1v) is 7.23. The fraction of sp³-hybridized carbons (Fsp3) is 0.588. The molecule has 0 spiro atoms. The van der Waals surface area contributed by atoms with E-state index in [4.69, 9.17) is 4.74 Å². The highest BCUT2D eigenvalue weighted by Gasteiger charge is 2.14. The standard InChI is InChI=1S/C17H26O2/c1-6-19-17(18)16-8-7-14(9-12(2)3)11-15(16)10-13(4)5/h7-8,11-13H,6,9-10H2,1-5H3. The number of carbonyl (C=O) groups excluding carboxylic acids is 1. The van der Waals surface area contributed by atoms with Crippen molar-refractivity contribution in [3.05, 3.63) is 34.9 Å². The molecular formula is C17H26O2. The van der Waals surface area contributed by atoms with E-state index in [0.29, 0.717) is 18.4 Å². The first-order valence-electron chi connectivity index (χ1n) is 7.23. The Morgan fingerprint density at radius 1 is 1.11 bits per heavy atom. The van der Waals surface area contributed by atoms with Crippen molar-refractivity contribution < 1.29 is 9.53 Å². The van der Waals surface area contributed by atoms with Crippen molar-refractivity contribution in [3.63, 3.8) is 0 Å². The first-order chi connectivity index (χ1) is 8.93. The minimum Gasteiger partial charge on any atom is -0.462 e. The molecule has 0 aliphatic heterocycles. The molecule has 0 saturated heterocycles. The van der Waals surface area contributed by atoms with Gasteiger partial charge in [-0.3, -0.25) is 0 Å². The summed E-state index contributed by atoms with van der Waals surface area (Å²) in [7, 11) is 0. The Bertz CT molecular complexity index is 419. The van der Waals surface area contributed by atoms with Crippen LogP contribution in [0.5, 0.6) is 0 Å². The van der Waals surface area contributed by atoms with Crippen molar-refractivity contribution in [2.45, 2.75) is 47.5 Å². The number of ether oxygens (including phenoxy) is 1. The molecule has 0 radical (unpaired) electrons. The molecule has 0 amide bonds. The molecule has 2 nitrogen and oxygen atoms in total. The van der Waals surface area contributed by atoms with Gasteiger partial charge in [-0.25, -0.2) is 4.79 Å². The summed E-state index contributed by atoms with van der Waals surface area (Å²) >= 11 is 0. The van der Waals surface area contributed by atoms with E-state index in [0.717, 1.165) is 24.0 Å². The Labute approximate surface area is 117 Å². The normalized spacial score (nSPS) is 11.1. The maximum atomic E-state index is 12.0. The van der Waals surface area contributed by atoms with Crippen LogP contribution in [0.2, 0.25) is 0 Å². The highest BCUT2D eigenvalue weighted by Crippen LogP contribution is 2.19. The smallest absolute Gasteiger partial charge is 0.338 e. The zero-order valence-corrected chi connectivity index (χ0v) is 12.8. The van der Waals surface area contributed by atoms with Crippen molar-refractivity contribution in [1.29, 1.82) is 0 Å². The van der Waals surface area contributed by atoms with Crippen LogP contribution in [0.1, 0.15) is 56.1 Å². The van der Waals surface area contributed by atoms with Crippen LogP contribution in [-0.2, 0) is 17.6 Å². The Balaban J connectivity index is 3.05. The van der Waals surface area contributed by atoms with Crippen LogP contribution < -0.4 is 0 Å². The SMILES string of the molecule is CCOC(=O)c1ccc(CC(C)C)cc1CC(C)C. The van der Waals surface area contributed by atoms with E-state index in [9.17, 15) is 4.79 Å². The van der Waals surface area contributed by atoms with Crippen LogP contribution in [0.15, 0.2) is 18.2 Å². The molecule has 0 unspecified atom stereocenters. The molecule has 1 aromatic carbocycles. The summed E-state index contributed by atoms with van der Waals surface area (Å²) in [6, 6.07) is 6.15. The summed E-state index contributed by atoms with van der Waals surface area (Å²) in [5.74, 6) is 0.956. The molecule has 0 bridgehead atoms. The van der Waals surface area contributed by atoms with E-state index in [2.05, 4.69) is 39.8 Å². The van der Waals surface area contributed by atoms with Crippen LogP contribution in [0.4, 0.5) is 0 Å². The van der Waals surface area contributed by atoms with E-state index in [1.807, 2.05) is 13.0 Å². The van der Waals surface area contributed by atoms with Gasteiger partial charge in [-0.05, 0) is 48.8 Å². The monoisotopic (exact) mass is 262 g/mol. The second kappa shape index (κ2) is 7.32. The lowest BCUT2D eigenvalue weighted by Gasteiger charge is -2.14. The lowest BCUT2D eigenvalue weighted by molar-refractivity contribution is 0.0525. The van der Waals surface area contributed by atoms with E-state index in [1.54, 1.807) is 0 Å². The molecule has 0 heterocycles. The number of esters is 1. The van der Waals surface area contributed by atoms with Crippen LogP contribution in [0.25, 0.3) is 0 Å². The van der Waals surface area contributed by atoms with Gasteiger partial charge in [0.25, 0.3) is 0 Å². The van der Waals surface area contributed by atoms with Gasteiger partial charge in [-0.1, -0.05) is 39.8 Å². The molecule has 0 fully saturated rings. The van der Waals surface area contributed by atoms with Crippen molar-refractivity contribution in [3.8, 4) is 0 Å². The van der Waals surface area contributed by atoms with E-state index in [1.165, 1.54) is 5.56 Å². The third-order valence-corrected chi connectivity index (χ3v) is 2.94. The van der Waals surface area contributed by atoms with Crippen LogP contribution in [0, 0.1) is 11.8 Å². The Kier molecular flexibility index (Phi) is 6.07. The van der Waals surface area contributed by atoms with Crippen molar-refractivity contribution in [2.75, 3.05) is 6.61 Å². The number of hydrogen-bond acceptors (Lipinski definition) is 2. The average molecular weight is 262 g/mol. The molecule has 0 atom stereocenters. The van der Waals surface area contributed by atoms with Crippen LogP contribution >= 0.6 is 0 Å². The van der Waals surface area contributed by atoms with Gasteiger partial charge in [0.2, 0.25) is 0 Å². The topological polar surface area (TPSA) is 26.3 Å². The molecule has 0 N–H and O–H groups in total. The van der Waals surface area contributed by atoms with Crippen LogP contribution in [0.3, 0.4) is 0 Å². The summed E-state index contributed by atoms with van der Waals surface area (Å²) in [4.78, 5) is 12.0. The summed E-state index contributed by atoms with van der Waals surface area (Å²) in [6.45, 7) is 11.0. The molecular weight excluding hydrogens is 236 g/mol. The summed E-state index contributed by atoms with van der Waals surface area (Å²) < 4.78 is 5.13. The summed E-state index contributed by atoms with van der Waals surface area (Å²) in [5.41, 5.74) is 3.15. The third kappa shape index (κ3) is 5.06. The predicted molar refractivity (Wildman–Crippen MR) is 79.5 cm³/mol. The molecule has 0 saturated carbocycles. The third-order valence-electron chi connectivity index (χ3n) is 2.94. The summed E-state index contributed by atoms with van der Waals surface area (Å²) in [5, 5.41) is 0. The minimum atomic E-state index is -0.200. The predicted octanol–water partition coefficient (Wildman–Crippen LogP) is 4.26. The molecule has 1 rings (SSSR count). The number of benzene rings is 1. The Morgan fingerprint density at radius 2 is 1.74 bits per heavy atom. The number of rotatable bonds is 6. The quantitative estimate of drug-likeness (QED) is 0.716. The molecule has 1 aromatic rings. The largest absolute Gasteiger partial charge is 0.462 e. The lowest BCUT2D eigenvalue weighted by atomic mass is 9.93. The van der Waals surface area contributed by atoms with Gasteiger partial charge in [-0.15, -0.1) is 0 Å².